The van der Waals surface area contributed by atoms with Gasteiger partial charge in [-0.3, -0.25) is 20.3 Å². The van der Waals surface area contributed by atoms with Gasteiger partial charge in [-0.2, -0.15) is 4.99 Å². The average Bonchev–Trinajstić information content (AvgIpc) is 2.77. The Morgan fingerprint density at radius 3 is 2.39 bits per heavy atom. The monoisotopic (exact) mass is 252 g/mol. The second-order valence-electron chi connectivity index (χ2n) is 4.31. The lowest BCUT2D eigenvalue weighted by Crippen LogP contribution is -2.35. The highest BCUT2D eigenvalue weighted by atomic mass is 16.2. The van der Waals surface area contributed by atoms with E-state index in [0.717, 1.165) is 12.8 Å². The van der Waals surface area contributed by atoms with Gasteiger partial charge in [-0.1, -0.05) is 0 Å². The summed E-state index contributed by atoms with van der Waals surface area (Å²) < 4.78 is 0. The quantitative estimate of drug-likeness (QED) is 0.504. The second kappa shape index (κ2) is 5.03. The zero-order chi connectivity index (χ0) is 13.1. The van der Waals surface area contributed by atoms with Crippen LogP contribution in [-0.2, 0) is 9.59 Å². The second-order valence-corrected chi connectivity index (χ2v) is 4.31. The van der Waals surface area contributed by atoms with E-state index in [-0.39, 0.29) is 36.8 Å². The lowest BCUT2D eigenvalue weighted by atomic mass is 10.3. The molecule has 98 valence electrons. The topological polar surface area (TPSA) is 115 Å². The van der Waals surface area contributed by atoms with Crippen LogP contribution in [0.25, 0.3) is 0 Å². The van der Waals surface area contributed by atoms with Crippen LogP contribution in [0.2, 0.25) is 0 Å². The maximum atomic E-state index is 11.0. The maximum Gasteiger partial charge on any atom is 0.268 e. The highest BCUT2D eigenvalue weighted by Crippen LogP contribution is 2.04. The van der Waals surface area contributed by atoms with E-state index in [9.17, 15) is 9.59 Å². The third-order valence-electron chi connectivity index (χ3n) is 2.90. The van der Waals surface area contributed by atoms with Gasteiger partial charge in [0.2, 0.25) is 5.91 Å². The van der Waals surface area contributed by atoms with Gasteiger partial charge in [-0.15, -0.1) is 0 Å². The fraction of sp³-hybridized carbons (Fsp3) is 0.600. The molecule has 4 N–H and O–H groups in total. The van der Waals surface area contributed by atoms with E-state index in [1.165, 1.54) is 0 Å². The SMILES string of the molecule is N=C1NC(=O)CN1CCCCN1CC(=O)N=C1N. The number of unbranched alkanes of at least 4 members (excludes halogenated alkanes) is 1. The van der Waals surface area contributed by atoms with Crippen molar-refractivity contribution in [2.45, 2.75) is 12.8 Å². The van der Waals surface area contributed by atoms with Crippen LogP contribution in [0.15, 0.2) is 4.99 Å². The Bertz CT molecular complexity index is 415. The number of rotatable bonds is 5. The van der Waals surface area contributed by atoms with Gasteiger partial charge in [0.05, 0.1) is 0 Å². The molecule has 1 saturated heterocycles. The molecule has 0 radical (unpaired) electrons. The molecule has 2 amide bonds. The fourth-order valence-electron chi connectivity index (χ4n) is 1.97. The van der Waals surface area contributed by atoms with Crippen LogP contribution in [0.5, 0.6) is 0 Å². The number of nitrogens with two attached hydrogens (primary N) is 1. The van der Waals surface area contributed by atoms with Crippen molar-refractivity contribution in [1.29, 1.82) is 5.41 Å². The van der Waals surface area contributed by atoms with E-state index in [1.807, 2.05) is 0 Å². The normalized spacial score (nSPS) is 19.6. The number of carbonyl (C=O) groups excluding carboxylic acids is 2. The number of aliphatic imine (C=N–C) groups is 1. The summed E-state index contributed by atoms with van der Waals surface area (Å²) in [4.78, 5) is 29.1. The highest BCUT2D eigenvalue weighted by Gasteiger charge is 2.23. The summed E-state index contributed by atoms with van der Waals surface area (Å²) in [5.41, 5.74) is 5.57. The molecule has 0 aliphatic carbocycles. The summed E-state index contributed by atoms with van der Waals surface area (Å²) in [5.74, 6) is 0.105. The van der Waals surface area contributed by atoms with Crippen LogP contribution in [0.3, 0.4) is 0 Å². The van der Waals surface area contributed by atoms with Crippen LogP contribution >= 0.6 is 0 Å². The van der Waals surface area contributed by atoms with E-state index in [0.29, 0.717) is 13.1 Å². The van der Waals surface area contributed by atoms with Gasteiger partial charge in [-0.05, 0) is 12.8 Å². The minimum Gasteiger partial charge on any atom is -0.369 e. The molecule has 0 spiro atoms. The van der Waals surface area contributed by atoms with Gasteiger partial charge in [0.1, 0.15) is 13.1 Å². The van der Waals surface area contributed by atoms with Gasteiger partial charge >= 0.3 is 0 Å². The molecule has 2 aliphatic heterocycles. The van der Waals surface area contributed by atoms with Crippen molar-refractivity contribution < 1.29 is 9.59 Å². The molecule has 0 bridgehead atoms. The lowest BCUT2D eigenvalue weighted by molar-refractivity contribution is -0.118. The first-order valence-corrected chi connectivity index (χ1v) is 5.81. The van der Waals surface area contributed by atoms with Gasteiger partial charge in [0, 0.05) is 13.1 Å². The Morgan fingerprint density at radius 1 is 1.22 bits per heavy atom. The summed E-state index contributed by atoms with van der Waals surface area (Å²) >= 11 is 0. The molecule has 2 rings (SSSR count). The minimum absolute atomic E-state index is 0.137. The number of amides is 2. The number of carbonyl (C=O) groups is 2. The maximum absolute atomic E-state index is 11.0. The molecule has 0 aromatic rings. The number of nitrogens with one attached hydrogen (secondary N) is 2. The number of nitrogens with zero attached hydrogens (tertiary/aromatic N) is 3. The molecule has 0 aromatic carbocycles. The van der Waals surface area contributed by atoms with Gasteiger partial charge in [0.25, 0.3) is 5.91 Å². The van der Waals surface area contributed by atoms with Crippen molar-refractivity contribution >= 4 is 23.7 Å². The average molecular weight is 252 g/mol. The zero-order valence-electron chi connectivity index (χ0n) is 9.98. The summed E-state index contributed by atoms with van der Waals surface area (Å²) in [5, 5.41) is 9.93. The molecule has 2 heterocycles. The first kappa shape index (κ1) is 12.3. The van der Waals surface area contributed by atoms with E-state index >= 15 is 0 Å². The molecule has 2 aliphatic rings. The van der Waals surface area contributed by atoms with Crippen molar-refractivity contribution in [3.8, 4) is 0 Å². The highest BCUT2D eigenvalue weighted by molar-refractivity contribution is 6.02. The van der Waals surface area contributed by atoms with Crippen LogP contribution < -0.4 is 11.1 Å². The lowest BCUT2D eigenvalue weighted by Gasteiger charge is -2.18. The summed E-state index contributed by atoms with van der Waals surface area (Å²) in [6.45, 7) is 1.83. The van der Waals surface area contributed by atoms with E-state index in [4.69, 9.17) is 11.1 Å². The first-order chi connectivity index (χ1) is 8.56. The van der Waals surface area contributed by atoms with Crippen LogP contribution in [0.1, 0.15) is 12.8 Å². The Labute approximate surface area is 104 Å². The zero-order valence-corrected chi connectivity index (χ0v) is 9.98. The molecule has 8 nitrogen and oxygen atoms in total. The molecular formula is C10H16N6O2. The Balaban J connectivity index is 1.65. The Morgan fingerprint density at radius 2 is 1.89 bits per heavy atom. The largest absolute Gasteiger partial charge is 0.369 e. The van der Waals surface area contributed by atoms with E-state index < -0.39 is 0 Å². The third-order valence-corrected chi connectivity index (χ3v) is 2.90. The molecule has 0 aromatic heterocycles. The number of hydrogen-bond donors (Lipinski definition) is 3. The van der Waals surface area contributed by atoms with Crippen molar-refractivity contribution in [2.24, 2.45) is 10.7 Å². The summed E-state index contributed by atoms with van der Waals surface area (Å²) in [6.07, 6.45) is 1.66. The van der Waals surface area contributed by atoms with E-state index in [2.05, 4.69) is 10.3 Å². The molecule has 18 heavy (non-hydrogen) atoms. The molecular weight excluding hydrogens is 236 g/mol. The van der Waals surface area contributed by atoms with Crippen molar-refractivity contribution in [3.63, 3.8) is 0 Å². The fourth-order valence-corrected chi connectivity index (χ4v) is 1.97. The van der Waals surface area contributed by atoms with Crippen molar-refractivity contribution in [1.82, 2.24) is 15.1 Å². The molecule has 8 heteroatoms. The molecule has 1 fully saturated rings. The number of hydrogen-bond acceptors (Lipinski definition) is 5. The van der Waals surface area contributed by atoms with Crippen molar-refractivity contribution in [3.05, 3.63) is 0 Å². The summed E-state index contributed by atoms with van der Waals surface area (Å²) in [7, 11) is 0. The van der Waals surface area contributed by atoms with Crippen LogP contribution in [0.4, 0.5) is 0 Å². The minimum atomic E-state index is -0.205. The Hall–Kier alpha value is -2.12. The van der Waals surface area contributed by atoms with Crippen LogP contribution in [0, 0.1) is 5.41 Å². The standard InChI is InChI=1S/C10H16N6O2/c11-9-13-7(17)5-15(9)3-1-2-4-16-6-8(18)14-10(16)12/h1-6H2,(H2,11,13,17)(H2,12,14,18). The van der Waals surface area contributed by atoms with Crippen LogP contribution in [-0.4, -0.2) is 59.7 Å². The molecule has 0 atom stereocenters. The van der Waals surface area contributed by atoms with E-state index in [1.54, 1.807) is 9.80 Å². The smallest absolute Gasteiger partial charge is 0.268 e. The Kier molecular flexibility index (Phi) is 3.45. The third kappa shape index (κ3) is 2.76. The van der Waals surface area contributed by atoms with Gasteiger partial charge in [0.15, 0.2) is 11.9 Å². The predicted molar refractivity (Wildman–Crippen MR) is 64.9 cm³/mol. The van der Waals surface area contributed by atoms with Gasteiger partial charge in [-0.25, -0.2) is 0 Å². The molecule has 0 saturated carbocycles. The van der Waals surface area contributed by atoms with Crippen molar-refractivity contribution in [2.75, 3.05) is 26.2 Å². The molecule has 0 unspecified atom stereocenters. The first-order valence-electron chi connectivity index (χ1n) is 5.81. The van der Waals surface area contributed by atoms with Gasteiger partial charge < -0.3 is 15.5 Å². The summed E-state index contributed by atoms with van der Waals surface area (Å²) in [6, 6.07) is 0. The number of guanidine groups is 2. The predicted octanol–water partition coefficient (Wildman–Crippen LogP) is -1.71.